The summed E-state index contributed by atoms with van der Waals surface area (Å²) in [6.45, 7) is 1.52. The summed E-state index contributed by atoms with van der Waals surface area (Å²) in [5.41, 5.74) is 0.980. The number of benzene rings is 1. The number of carbonyl (C=O) groups excluding carboxylic acids is 1. The number of nitrogens with zero attached hydrogens (tertiary/aromatic N) is 4. The van der Waals surface area contributed by atoms with Gasteiger partial charge in [0.15, 0.2) is 5.69 Å². The van der Waals surface area contributed by atoms with Gasteiger partial charge >= 0.3 is 0 Å². The molecule has 0 aliphatic carbocycles. The highest BCUT2D eigenvalue weighted by Gasteiger charge is 2.30. The summed E-state index contributed by atoms with van der Waals surface area (Å²) in [4.78, 5) is 14.4. The minimum atomic E-state index is -0.313. The molecular formula is C15H18FN5O. The van der Waals surface area contributed by atoms with Crippen LogP contribution in [0.25, 0.3) is 5.69 Å². The van der Waals surface area contributed by atoms with Crippen LogP contribution in [-0.2, 0) is 0 Å². The number of carbonyl (C=O) groups is 1. The van der Waals surface area contributed by atoms with E-state index >= 15 is 0 Å². The fourth-order valence-electron chi connectivity index (χ4n) is 2.78. The van der Waals surface area contributed by atoms with Crippen LogP contribution in [0.2, 0.25) is 0 Å². The molecule has 1 N–H and O–H groups in total. The van der Waals surface area contributed by atoms with Gasteiger partial charge in [-0.25, -0.2) is 9.07 Å². The van der Waals surface area contributed by atoms with Gasteiger partial charge in [0, 0.05) is 19.1 Å². The van der Waals surface area contributed by atoms with Crippen molar-refractivity contribution in [2.24, 2.45) is 0 Å². The molecule has 116 valence electrons. The van der Waals surface area contributed by atoms with E-state index in [1.54, 1.807) is 18.3 Å². The SMILES string of the molecule is CNC[C@H]1CCCN1C(=O)c1cn(-c2ccc(F)cc2)nn1. The second kappa shape index (κ2) is 6.23. The quantitative estimate of drug-likeness (QED) is 0.923. The molecule has 1 amide bonds. The highest BCUT2D eigenvalue weighted by molar-refractivity contribution is 5.92. The van der Waals surface area contributed by atoms with Gasteiger partial charge in [-0.05, 0) is 44.2 Å². The molecule has 0 saturated carbocycles. The number of likely N-dealkylation sites (tertiary alicyclic amines) is 1. The van der Waals surface area contributed by atoms with E-state index in [4.69, 9.17) is 0 Å². The Morgan fingerprint density at radius 2 is 2.18 bits per heavy atom. The lowest BCUT2D eigenvalue weighted by Gasteiger charge is -2.23. The Balaban J connectivity index is 1.78. The fraction of sp³-hybridized carbons (Fsp3) is 0.400. The Labute approximate surface area is 127 Å². The number of rotatable bonds is 4. The fourth-order valence-corrected chi connectivity index (χ4v) is 2.78. The zero-order valence-corrected chi connectivity index (χ0v) is 12.4. The largest absolute Gasteiger partial charge is 0.333 e. The van der Waals surface area contributed by atoms with Gasteiger partial charge in [-0.2, -0.15) is 0 Å². The summed E-state index contributed by atoms with van der Waals surface area (Å²) in [6.07, 6.45) is 3.59. The van der Waals surface area contributed by atoms with Gasteiger partial charge in [0.05, 0.1) is 11.9 Å². The molecule has 1 aromatic heterocycles. The van der Waals surface area contributed by atoms with Crippen molar-refractivity contribution in [3.8, 4) is 5.69 Å². The molecule has 1 saturated heterocycles. The van der Waals surface area contributed by atoms with Gasteiger partial charge in [-0.15, -0.1) is 5.10 Å². The molecule has 3 rings (SSSR count). The molecule has 1 aromatic carbocycles. The first kappa shape index (κ1) is 14.6. The number of amides is 1. The molecule has 2 heterocycles. The van der Waals surface area contributed by atoms with E-state index in [1.807, 2.05) is 11.9 Å². The Bertz CT molecular complexity index is 654. The van der Waals surface area contributed by atoms with Crippen LogP contribution in [0.3, 0.4) is 0 Å². The molecule has 0 spiro atoms. The Morgan fingerprint density at radius 1 is 1.41 bits per heavy atom. The highest BCUT2D eigenvalue weighted by atomic mass is 19.1. The zero-order valence-electron chi connectivity index (χ0n) is 12.4. The molecule has 22 heavy (non-hydrogen) atoms. The van der Waals surface area contributed by atoms with Crippen LogP contribution in [0, 0.1) is 5.82 Å². The zero-order chi connectivity index (χ0) is 15.5. The minimum absolute atomic E-state index is 0.105. The lowest BCUT2D eigenvalue weighted by Crippen LogP contribution is -2.41. The van der Waals surface area contributed by atoms with Crippen molar-refractivity contribution in [2.75, 3.05) is 20.1 Å². The second-order valence-corrected chi connectivity index (χ2v) is 5.38. The summed E-state index contributed by atoms with van der Waals surface area (Å²) in [5, 5.41) is 11.0. The van der Waals surface area contributed by atoms with Crippen LogP contribution in [0.1, 0.15) is 23.3 Å². The van der Waals surface area contributed by atoms with Crippen molar-refractivity contribution in [1.82, 2.24) is 25.2 Å². The maximum Gasteiger partial charge on any atom is 0.276 e. The number of likely N-dealkylation sites (N-methyl/N-ethyl adjacent to an activating group) is 1. The molecular weight excluding hydrogens is 285 g/mol. The van der Waals surface area contributed by atoms with E-state index in [0.717, 1.165) is 25.9 Å². The molecule has 7 heteroatoms. The van der Waals surface area contributed by atoms with E-state index in [9.17, 15) is 9.18 Å². The van der Waals surface area contributed by atoms with Gasteiger partial charge in [-0.1, -0.05) is 5.21 Å². The van der Waals surface area contributed by atoms with Gasteiger partial charge in [-0.3, -0.25) is 4.79 Å². The second-order valence-electron chi connectivity index (χ2n) is 5.38. The van der Waals surface area contributed by atoms with Crippen LogP contribution < -0.4 is 5.32 Å². The summed E-state index contributed by atoms with van der Waals surface area (Å²) < 4.78 is 14.4. The third kappa shape index (κ3) is 2.85. The molecule has 2 aromatic rings. The maximum absolute atomic E-state index is 12.9. The highest BCUT2D eigenvalue weighted by Crippen LogP contribution is 2.19. The molecule has 1 fully saturated rings. The topological polar surface area (TPSA) is 63.1 Å². The van der Waals surface area contributed by atoms with E-state index in [2.05, 4.69) is 15.6 Å². The summed E-state index contributed by atoms with van der Waals surface area (Å²) in [6, 6.07) is 6.09. The maximum atomic E-state index is 12.9. The first-order chi connectivity index (χ1) is 10.7. The van der Waals surface area contributed by atoms with Gasteiger partial charge in [0.2, 0.25) is 0 Å². The van der Waals surface area contributed by atoms with E-state index in [1.165, 1.54) is 16.8 Å². The van der Waals surface area contributed by atoms with Crippen LogP contribution in [0.5, 0.6) is 0 Å². The van der Waals surface area contributed by atoms with Crippen molar-refractivity contribution in [2.45, 2.75) is 18.9 Å². The van der Waals surface area contributed by atoms with Gasteiger partial charge in [0.25, 0.3) is 5.91 Å². The first-order valence-corrected chi connectivity index (χ1v) is 7.33. The molecule has 0 unspecified atom stereocenters. The Hall–Kier alpha value is -2.28. The van der Waals surface area contributed by atoms with Crippen molar-refractivity contribution >= 4 is 5.91 Å². The van der Waals surface area contributed by atoms with Crippen molar-refractivity contribution in [3.63, 3.8) is 0 Å². The lowest BCUT2D eigenvalue weighted by molar-refractivity contribution is 0.0731. The van der Waals surface area contributed by atoms with E-state index in [0.29, 0.717) is 11.4 Å². The lowest BCUT2D eigenvalue weighted by atomic mass is 10.2. The molecule has 0 radical (unpaired) electrons. The predicted octanol–water partition coefficient (Wildman–Crippen LogP) is 1.23. The van der Waals surface area contributed by atoms with Gasteiger partial charge < -0.3 is 10.2 Å². The molecule has 1 aliphatic rings. The van der Waals surface area contributed by atoms with Crippen LogP contribution in [-0.4, -0.2) is 52.0 Å². The van der Waals surface area contributed by atoms with Crippen LogP contribution in [0.4, 0.5) is 4.39 Å². The smallest absolute Gasteiger partial charge is 0.276 e. The Morgan fingerprint density at radius 3 is 2.91 bits per heavy atom. The van der Waals surface area contributed by atoms with Crippen molar-refractivity contribution in [1.29, 1.82) is 0 Å². The number of nitrogens with one attached hydrogen (secondary N) is 1. The van der Waals surface area contributed by atoms with E-state index < -0.39 is 0 Å². The number of hydrogen-bond acceptors (Lipinski definition) is 4. The molecule has 1 aliphatic heterocycles. The number of hydrogen-bond donors (Lipinski definition) is 1. The third-order valence-corrected chi connectivity index (χ3v) is 3.88. The predicted molar refractivity (Wildman–Crippen MR) is 79.3 cm³/mol. The average Bonchev–Trinajstić information content (AvgIpc) is 3.17. The number of halogens is 1. The third-order valence-electron chi connectivity index (χ3n) is 3.88. The van der Waals surface area contributed by atoms with Crippen molar-refractivity contribution < 1.29 is 9.18 Å². The molecule has 1 atom stereocenters. The van der Waals surface area contributed by atoms with E-state index in [-0.39, 0.29) is 17.8 Å². The minimum Gasteiger partial charge on any atom is -0.333 e. The molecule has 0 bridgehead atoms. The summed E-state index contributed by atoms with van der Waals surface area (Å²) in [5.74, 6) is -0.418. The summed E-state index contributed by atoms with van der Waals surface area (Å²) >= 11 is 0. The van der Waals surface area contributed by atoms with Crippen molar-refractivity contribution in [3.05, 3.63) is 42.0 Å². The molecule has 6 nitrogen and oxygen atoms in total. The monoisotopic (exact) mass is 303 g/mol. The summed E-state index contributed by atoms with van der Waals surface area (Å²) in [7, 11) is 1.88. The van der Waals surface area contributed by atoms with Crippen LogP contribution >= 0.6 is 0 Å². The normalized spacial score (nSPS) is 17.9. The Kier molecular flexibility index (Phi) is 4.15. The standard InChI is InChI=1S/C15H18FN5O/c1-17-9-13-3-2-8-20(13)15(22)14-10-21(19-18-14)12-6-4-11(16)5-7-12/h4-7,10,13,17H,2-3,8-9H2,1H3/t13-/m1/s1. The van der Waals surface area contributed by atoms with Crippen LogP contribution in [0.15, 0.2) is 30.5 Å². The van der Waals surface area contributed by atoms with Gasteiger partial charge in [0.1, 0.15) is 5.82 Å². The number of aromatic nitrogens is 3. The first-order valence-electron chi connectivity index (χ1n) is 7.33. The average molecular weight is 303 g/mol.